The maximum absolute atomic E-state index is 13.0. The van der Waals surface area contributed by atoms with Gasteiger partial charge in [-0.05, 0) is 55.8 Å². The monoisotopic (exact) mass is 589 g/mol. The van der Waals surface area contributed by atoms with Gasteiger partial charge in [-0.1, -0.05) is 33.2 Å². The molecule has 0 saturated carbocycles. The van der Waals surface area contributed by atoms with Crippen molar-refractivity contribution in [3.63, 3.8) is 0 Å². The summed E-state index contributed by atoms with van der Waals surface area (Å²) in [6.45, 7) is 3.35. The first-order valence-electron chi connectivity index (χ1n) is 12.2. The molecule has 0 aliphatic carbocycles. The first kappa shape index (κ1) is 26.0. The Bertz CT molecular complexity index is 1340. The Morgan fingerprint density at radius 2 is 1.89 bits per heavy atom. The molecule has 2 aliphatic rings. The molecule has 0 spiro atoms. The maximum atomic E-state index is 13.0. The molecule has 5 rings (SSSR count). The lowest BCUT2D eigenvalue weighted by Crippen LogP contribution is -2.40. The minimum atomic E-state index is -3.57. The van der Waals surface area contributed by atoms with Crippen molar-refractivity contribution >= 4 is 37.5 Å². The van der Waals surface area contributed by atoms with Crippen molar-refractivity contribution in [1.82, 2.24) is 19.3 Å². The summed E-state index contributed by atoms with van der Waals surface area (Å²) in [4.78, 5) is 19.8. The van der Waals surface area contributed by atoms with Gasteiger partial charge in [-0.2, -0.15) is 9.29 Å². The standard InChI is InChI=1S/C25H28BrN5O5S/c26-20-5-1-3-18(15-20)24-28-23(36-29-24)17-30-10-2-4-19(16-30)25(32)27-21-6-8-22(9-7-21)37(33,34)31-11-13-35-14-12-31/h1,3,5-9,15,19H,2,4,10-14,16-17H2,(H,27,32). The number of hydrogen-bond acceptors (Lipinski definition) is 8. The third-order valence-corrected chi connectivity index (χ3v) is 8.92. The fourth-order valence-electron chi connectivity index (χ4n) is 4.56. The molecule has 12 heteroatoms. The molecule has 1 N–H and O–H groups in total. The number of ether oxygens (including phenoxy) is 1. The summed E-state index contributed by atoms with van der Waals surface area (Å²) < 4.78 is 38.7. The van der Waals surface area contributed by atoms with E-state index < -0.39 is 10.0 Å². The Morgan fingerprint density at radius 3 is 2.65 bits per heavy atom. The molecule has 1 unspecified atom stereocenters. The van der Waals surface area contributed by atoms with Crippen molar-refractivity contribution in [1.29, 1.82) is 0 Å². The number of anilines is 1. The topological polar surface area (TPSA) is 118 Å². The number of amides is 1. The Hall–Kier alpha value is -2.64. The normalized spacial score (nSPS) is 19.5. The van der Waals surface area contributed by atoms with E-state index in [4.69, 9.17) is 9.26 Å². The van der Waals surface area contributed by atoms with Gasteiger partial charge in [0.25, 0.3) is 0 Å². The number of morpholine rings is 1. The van der Waals surface area contributed by atoms with E-state index in [1.807, 2.05) is 24.3 Å². The summed E-state index contributed by atoms with van der Waals surface area (Å²) in [5, 5.41) is 7.03. The molecule has 1 aromatic heterocycles. The third-order valence-electron chi connectivity index (χ3n) is 6.52. The van der Waals surface area contributed by atoms with Gasteiger partial charge in [0.1, 0.15) is 0 Å². The number of piperidine rings is 1. The van der Waals surface area contributed by atoms with E-state index in [-0.39, 0.29) is 16.7 Å². The van der Waals surface area contributed by atoms with Gasteiger partial charge >= 0.3 is 0 Å². The van der Waals surface area contributed by atoms with E-state index in [1.54, 1.807) is 12.1 Å². The highest BCUT2D eigenvalue weighted by Crippen LogP contribution is 2.24. The highest BCUT2D eigenvalue weighted by atomic mass is 79.9. The molecule has 2 aliphatic heterocycles. The summed E-state index contributed by atoms with van der Waals surface area (Å²) in [6.07, 6.45) is 1.65. The van der Waals surface area contributed by atoms with Crippen LogP contribution in [0.4, 0.5) is 5.69 Å². The summed E-state index contributed by atoms with van der Waals surface area (Å²) in [5.41, 5.74) is 1.43. The second-order valence-electron chi connectivity index (χ2n) is 9.13. The number of rotatable bonds is 7. The van der Waals surface area contributed by atoms with Crippen LogP contribution in [0.2, 0.25) is 0 Å². The van der Waals surface area contributed by atoms with Gasteiger partial charge in [-0.15, -0.1) is 0 Å². The molecule has 2 aromatic carbocycles. The van der Waals surface area contributed by atoms with Crippen molar-refractivity contribution in [3.8, 4) is 11.4 Å². The van der Waals surface area contributed by atoms with E-state index >= 15 is 0 Å². The molecule has 2 fully saturated rings. The van der Waals surface area contributed by atoms with Gasteiger partial charge in [0, 0.05) is 35.4 Å². The van der Waals surface area contributed by atoms with Crippen LogP contribution >= 0.6 is 15.9 Å². The van der Waals surface area contributed by atoms with Crippen LogP contribution in [-0.4, -0.2) is 73.1 Å². The van der Waals surface area contributed by atoms with Crippen molar-refractivity contribution in [3.05, 3.63) is 58.9 Å². The number of nitrogens with zero attached hydrogens (tertiary/aromatic N) is 4. The van der Waals surface area contributed by atoms with Gasteiger partial charge in [-0.3, -0.25) is 9.69 Å². The van der Waals surface area contributed by atoms with Crippen molar-refractivity contribution in [2.75, 3.05) is 44.7 Å². The number of halogens is 1. The van der Waals surface area contributed by atoms with E-state index in [1.165, 1.54) is 16.4 Å². The maximum Gasteiger partial charge on any atom is 0.243 e. The Labute approximate surface area is 224 Å². The minimum Gasteiger partial charge on any atom is -0.379 e. The quantitative estimate of drug-likeness (QED) is 0.445. The highest BCUT2D eigenvalue weighted by Gasteiger charge is 2.28. The van der Waals surface area contributed by atoms with Gasteiger partial charge in [0.2, 0.25) is 27.6 Å². The van der Waals surface area contributed by atoms with E-state index in [2.05, 4.69) is 36.3 Å². The fourth-order valence-corrected chi connectivity index (χ4v) is 6.37. The molecule has 2 saturated heterocycles. The molecule has 10 nitrogen and oxygen atoms in total. The average molecular weight is 591 g/mol. The molecule has 196 valence electrons. The molecule has 3 aromatic rings. The summed E-state index contributed by atoms with van der Waals surface area (Å²) in [6, 6.07) is 14.0. The molecule has 0 radical (unpaired) electrons. The third kappa shape index (κ3) is 6.27. The van der Waals surface area contributed by atoms with Gasteiger partial charge < -0.3 is 14.6 Å². The number of sulfonamides is 1. The van der Waals surface area contributed by atoms with Crippen LogP contribution in [0, 0.1) is 5.92 Å². The van der Waals surface area contributed by atoms with Crippen LogP contribution in [0.1, 0.15) is 18.7 Å². The fraction of sp³-hybridized carbons (Fsp3) is 0.400. The van der Waals surface area contributed by atoms with Gasteiger partial charge in [0.05, 0.1) is 30.6 Å². The Kier molecular flexibility index (Phi) is 8.01. The Balaban J connectivity index is 1.17. The lowest BCUT2D eigenvalue weighted by molar-refractivity contribution is -0.121. The number of carbonyl (C=O) groups is 1. The van der Waals surface area contributed by atoms with Crippen LogP contribution in [0.25, 0.3) is 11.4 Å². The second kappa shape index (κ2) is 11.4. The van der Waals surface area contributed by atoms with E-state index in [9.17, 15) is 13.2 Å². The average Bonchev–Trinajstić information content (AvgIpc) is 3.38. The van der Waals surface area contributed by atoms with Crippen molar-refractivity contribution < 1.29 is 22.5 Å². The zero-order valence-electron chi connectivity index (χ0n) is 20.2. The lowest BCUT2D eigenvalue weighted by Gasteiger charge is -2.30. The smallest absolute Gasteiger partial charge is 0.243 e. The van der Waals surface area contributed by atoms with E-state index in [0.29, 0.717) is 56.8 Å². The van der Waals surface area contributed by atoms with Gasteiger partial charge in [-0.25, -0.2) is 8.42 Å². The molecule has 37 heavy (non-hydrogen) atoms. The molecule has 1 amide bonds. The van der Waals surface area contributed by atoms with Gasteiger partial charge in [0.15, 0.2) is 0 Å². The predicted molar refractivity (Wildman–Crippen MR) is 140 cm³/mol. The number of aromatic nitrogens is 2. The largest absolute Gasteiger partial charge is 0.379 e. The van der Waals surface area contributed by atoms with Crippen LogP contribution in [-0.2, 0) is 26.1 Å². The summed E-state index contributed by atoms with van der Waals surface area (Å²) in [5.74, 6) is 0.751. The van der Waals surface area contributed by atoms with Crippen LogP contribution in [0.5, 0.6) is 0 Å². The van der Waals surface area contributed by atoms with Crippen LogP contribution in [0.3, 0.4) is 0 Å². The molecular formula is C25H28BrN5O5S. The first-order valence-corrected chi connectivity index (χ1v) is 14.4. The van der Waals surface area contributed by atoms with Crippen molar-refractivity contribution in [2.45, 2.75) is 24.3 Å². The zero-order chi connectivity index (χ0) is 25.8. The van der Waals surface area contributed by atoms with E-state index in [0.717, 1.165) is 29.4 Å². The molecule has 0 bridgehead atoms. The number of hydrogen-bond donors (Lipinski definition) is 1. The second-order valence-corrected chi connectivity index (χ2v) is 12.0. The predicted octanol–water partition coefficient (Wildman–Crippen LogP) is 3.37. The van der Waals surface area contributed by atoms with Crippen molar-refractivity contribution in [2.24, 2.45) is 5.92 Å². The number of carbonyl (C=O) groups excluding carboxylic acids is 1. The van der Waals surface area contributed by atoms with Crippen LogP contribution < -0.4 is 5.32 Å². The molecule has 3 heterocycles. The SMILES string of the molecule is O=C(Nc1ccc(S(=O)(=O)N2CCOCC2)cc1)C1CCCN(Cc2nc(-c3cccc(Br)c3)no2)C1. The summed E-state index contributed by atoms with van der Waals surface area (Å²) >= 11 is 3.45. The minimum absolute atomic E-state index is 0.0890. The first-order chi connectivity index (χ1) is 17.9. The summed E-state index contributed by atoms with van der Waals surface area (Å²) in [7, 11) is -3.57. The highest BCUT2D eigenvalue weighted by molar-refractivity contribution is 9.10. The number of likely N-dealkylation sites (tertiary alicyclic amines) is 1. The number of nitrogens with one attached hydrogen (secondary N) is 1. The lowest BCUT2D eigenvalue weighted by atomic mass is 9.97. The molecular weight excluding hydrogens is 562 g/mol. The zero-order valence-corrected chi connectivity index (χ0v) is 22.6. The Morgan fingerprint density at radius 1 is 1.11 bits per heavy atom. The van der Waals surface area contributed by atoms with Crippen LogP contribution in [0.15, 0.2) is 62.4 Å². The number of benzene rings is 2. The molecule has 1 atom stereocenters.